The second-order valence-electron chi connectivity index (χ2n) is 3.41. The van der Waals surface area contributed by atoms with Crippen molar-refractivity contribution in [2.75, 3.05) is 5.73 Å². The highest BCUT2D eigenvalue weighted by atomic mass is 35.5. The molecule has 0 unspecified atom stereocenters. The van der Waals surface area contributed by atoms with Crippen LogP contribution in [0, 0.1) is 17.1 Å². The SMILES string of the molecule is N#Cc1ccc(Oc2ncc(Cl)cc2F)c(N)c1. The number of anilines is 1. The Labute approximate surface area is 107 Å². The molecular formula is C12H7ClFN3O. The van der Waals surface area contributed by atoms with E-state index in [0.717, 1.165) is 6.07 Å². The molecule has 0 fully saturated rings. The number of nitriles is 1. The molecule has 1 aromatic carbocycles. The first-order valence-corrected chi connectivity index (χ1v) is 5.26. The Kier molecular flexibility index (Phi) is 3.31. The molecule has 0 aliphatic heterocycles. The number of hydrogen-bond acceptors (Lipinski definition) is 4. The number of halogens is 2. The van der Waals surface area contributed by atoms with E-state index in [2.05, 4.69) is 4.98 Å². The summed E-state index contributed by atoms with van der Waals surface area (Å²) >= 11 is 5.57. The van der Waals surface area contributed by atoms with Crippen LogP contribution in [0.1, 0.15) is 5.56 Å². The molecule has 90 valence electrons. The lowest BCUT2D eigenvalue weighted by molar-refractivity contribution is 0.424. The third-order valence-corrected chi connectivity index (χ3v) is 2.33. The molecule has 0 spiro atoms. The average molecular weight is 264 g/mol. The van der Waals surface area contributed by atoms with Gasteiger partial charge in [0.2, 0.25) is 0 Å². The molecule has 0 saturated heterocycles. The van der Waals surface area contributed by atoms with Crippen LogP contribution in [0.4, 0.5) is 10.1 Å². The lowest BCUT2D eigenvalue weighted by Crippen LogP contribution is -1.96. The molecular weight excluding hydrogens is 257 g/mol. The Hall–Kier alpha value is -2.32. The fourth-order valence-corrected chi connectivity index (χ4v) is 1.44. The monoisotopic (exact) mass is 263 g/mol. The van der Waals surface area contributed by atoms with E-state index in [-0.39, 0.29) is 22.3 Å². The molecule has 0 bridgehead atoms. The number of nitrogen functional groups attached to an aromatic ring is 1. The molecule has 2 rings (SSSR count). The van der Waals surface area contributed by atoms with Crippen LogP contribution < -0.4 is 10.5 Å². The van der Waals surface area contributed by atoms with Gasteiger partial charge in [-0.05, 0) is 24.3 Å². The molecule has 0 aliphatic carbocycles. The second-order valence-corrected chi connectivity index (χ2v) is 3.84. The van der Waals surface area contributed by atoms with E-state index in [0.29, 0.717) is 5.56 Å². The van der Waals surface area contributed by atoms with Crippen molar-refractivity contribution >= 4 is 17.3 Å². The molecule has 2 aromatic rings. The molecule has 0 atom stereocenters. The summed E-state index contributed by atoms with van der Waals surface area (Å²) in [6.07, 6.45) is 1.26. The molecule has 6 heteroatoms. The Bertz CT molecular complexity index is 640. The second kappa shape index (κ2) is 4.90. The number of benzene rings is 1. The third kappa shape index (κ3) is 2.50. The zero-order valence-electron chi connectivity index (χ0n) is 9.02. The largest absolute Gasteiger partial charge is 0.434 e. The van der Waals surface area contributed by atoms with Crippen molar-refractivity contribution in [1.82, 2.24) is 4.98 Å². The Morgan fingerprint density at radius 2 is 2.17 bits per heavy atom. The van der Waals surface area contributed by atoms with Gasteiger partial charge in [-0.2, -0.15) is 5.26 Å². The lowest BCUT2D eigenvalue weighted by atomic mass is 10.2. The molecule has 0 amide bonds. The van der Waals surface area contributed by atoms with Crippen LogP contribution >= 0.6 is 11.6 Å². The van der Waals surface area contributed by atoms with Gasteiger partial charge in [0.1, 0.15) is 0 Å². The van der Waals surface area contributed by atoms with Crippen molar-refractivity contribution in [3.05, 3.63) is 46.9 Å². The minimum absolute atomic E-state index is 0.174. The van der Waals surface area contributed by atoms with Crippen LogP contribution in [0.2, 0.25) is 5.02 Å². The lowest BCUT2D eigenvalue weighted by Gasteiger charge is -2.08. The van der Waals surface area contributed by atoms with Crippen molar-refractivity contribution in [3.63, 3.8) is 0 Å². The van der Waals surface area contributed by atoms with E-state index in [1.54, 1.807) is 0 Å². The van der Waals surface area contributed by atoms with Gasteiger partial charge in [0, 0.05) is 6.20 Å². The third-order valence-electron chi connectivity index (χ3n) is 2.12. The summed E-state index contributed by atoms with van der Waals surface area (Å²) in [7, 11) is 0. The van der Waals surface area contributed by atoms with Crippen LogP contribution in [0.3, 0.4) is 0 Å². The Morgan fingerprint density at radius 3 is 2.78 bits per heavy atom. The van der Waals surface area contributed by atoms with E-state index < -0.39 is 5.82 Å². The average Bonchev–Trinajstić information content (AvgIpc) is 2.34. The van der Waals surface area contributed by atoms with Crippen LogP contribution in [0.25, 0.3) is 0 Å². The maximum absolute atomic E-state index is 13.4. The number of nitrogens with two attached hydrogens (primary N) is 1. The first-order chi connectivity index (χ1) is 8.60. The van der Waals surface area contributed by atoms with Crippen molar-refractivity contribution < 1.29 is 9.13 Å². The highest BCUT2D eigenvalue weighted by Gasteiger charge is 2.09. The van der Waals surface area contributed by atoms with E-state index in [1.807, 2.05) is 6.07 Å². The van der Waals surface area contributed by atoms with E-state index in [9.17, 15) is 4.39 Å². The summed E-state index contributed by atoms with van der Waals surface area (Å²) in [5, 5.41) is 8.86. The number of rotatable bonds is 2. The summed E-state index contributed by atoms with van der Waals surface area (Å²) < 4.78 is 18.7. The van der Waals surface area contributed by atoms with Crippen molar-refractivity contribution in [2.24, 2.45) is 0 Å². The van der Waals surface area contributed by atoms with Crippen molar-refractivity contribution in [1.29, 1.82) is 5.26 Å². The minimum atomic E-state index is -0.689. The van der Waals surface area contributed by atoms with Crippen molar-refractivity contribution in [2.45, 2.75) is 0 Å². The van der Waals surface area contributed by atoms with E-state index >= 15 is 0 Å². The van der Waals surface area contributed by atoms with Gasteiger partial charge in [0.15, 0.2) is 11.6 Å². The molecule has 18 heavy (non-hydrogen) atoms. The van der Waals surface area contributed by atoms with Crippen molar-refractivity contribution in [3.8, 4) is 17.7 Å². The zero-order chi connectivity index (χ0) is 13.1. The van der Waals surface area contributed by atoms with Gasteiger partial charge in [-0.15, -0.1) is 0 Å². The van der Waals surface area contributed by atoms with Gasteiger partial charge in [-0.25, -0.2) is 9.37 Å². The molecule has 0 aliphatic rings. The molecule has 1 heterocycles. The van der Waals surface area contributed by atoms with E-state index in [1.165, 1.54) is 24.4 Å². The molecule has 2 N–H and O–H groups in total. The van der Waals surface area contributed by atoms with Gasteiger partial charge in [0.25, 0.3) is 5.88 Å². The first kappa shape index (κ1) is 12.1. The molecule has 0 radical (unpaired) electrons. The van der Waals surface area contributed by atoms with Crippen LogP contribution in [0.15, 0.2) is 30.5 Å². The van der Waals surface area contributed by atoms with Crippen LogP contribution in [0.5, 0.6) is 11.6 Å². The quantitative estimate of drug-likeness (QED) is 0.845. The highest BCUT2D eigenvalue weighted by Crippen LogP contribution is 2.29. The molecule has 0 saturated carbocycles. The number of nitrogens with zero attached hydrogens (tertiary/aromatic N) is 2. The summed E-state index contributed by atoms with van der Waals surface area (Å²) in [5.41, 5.74) is 6.29. The zero-order valence-corrected chi connectivity index (χ0v) is 9.78. The van der Waals surface area contributed by atoms with Gasteiger partial charge in [-0.3, -0.25) is 0 Å². The fraction of sp³-hybridized carbons (Fsp3) is 0. The minimum Gasteiger partial charge on any atom is -0.434 e. The van der Waals surface area contributed by atoms with E-state index in [4.69, 9.17) is 27.3 Å². The van der Waals surface area contributed by atoms with Gasteiger partial charge in [0.05, 0.1) is 22.3 Å². The predicted octanol–water partition coefficient (Wildman–Crippen LogP) is 3.12. The summed E-state index contributed by atoms with van der Waals surface area (Å²) in [5.74, 6) is -0.690. The molecule has 1 aromatic heterocycles. The summed E-state index contributed by atoms with van der Waals surface area (Å²) in [6.45, 7) is 0. The smallest absolute Gasteiger partial charge is 0.256 e. The number of pyridine rings is 1. The number of aromatic nitrogens is 1. The maximum Gasteiger partial charge on any atom is 0.256 e. The van der Waals surface area contributed by atoms with Gasteiger partial charge in [-0.1, -0.05) is 11.6 Å². The highest BCUT2D eigenvalue weighted by molar-refractivity contribution is 6.30. The fourth-order valence-electron chi connectivity index (χ4n) is 1.29. The summed E-state index contributed by atoms with van der Waals surface area (Å²) in [6, 6.07) is 7.44. The maximum atomic E-state index is 13.4. The Balaban J connectivity index is 2.32. The standard InChI is InChI=1S/C12H7ClFN3O/c13-8-4-9(14)12(17-6-8)18-11-2-1-7(5-15)3-10(11)16/h1-4,6H,16H2. The molecule has 4 nitrogen and oxygen atoms in total. The number of ether oxygens (including phenoxy) is 1. The topological polar surface area (TPSA) is 71.9 Å². The van der Waals surface area contributed by atoms with Crippen LogP contribution in [-0.2, 0) is 0 Å². The van der Waals surface area contributed by atoms with Gasteiger partial charge >= 0.3 is 0 Å². The Morgan fingerprint density at radius 1 is 1.39 bits per heavy atom. The normalized spacial score (nSPS) is 9.83. The first-order valence-electron chi connectivity index (χ1n) is 4.88. The number of hydrogen-bond donors (Lipinski definition) is 1. The summed E-state index contributed by atoms with van der Waals surface area (Å²) in [4.78, 5) is 3.71. The van der Waals surface area contributed by atoms with Gasteiger partial charge < -0.3 is 10.5 Å². The van der Waals surface area contributed by atoms with Crippen LogP contribution in [-0.4, -0.2) is 4.98 Å². The predicted molar refractivity (Wildman–Crippen MR) is 64.8 cm³/mol.